The van der Waals surface area contributed by atoms with Gasteiger partial charge < -0.3 is 14.4 Å². The molecule has 0 aliphatic heterocycles. The number of rotatable bonds is 8. The van der Waals surface area contributed by atoms with Gasteiger partial charge in [-0.3, -0.25) is 4.98 Å². The molecule has 0 N–H and O–H groups in total. The molecule has 63 heavy (non-hydrogen) atoms. The van der Waals surface area contributed by atoms with Crippen molar-refractivity contribution in [3.05, 3.63) is 243 Å². The molecular formula is C59H40N4. The Morgan fingerprint density at radius 3 is 1.65 bits per heavy atom. The van der Waals surface area contributed by atoms with Crippen LogP contribution in [0.4, 0.5) is 34.1 Å². The zero-order chi connectivity index (χ0) is 41.7. The van der Waals surface area contributed by atoms with Crippen LogP contribution in [-0.2, 0) is 0 Å². The highest BCUT2D eigenvalue weighted by Gasteiger charge is 2.21. The second kappa shape index (κ2) is 15.2. The first-order chi connectivity index (χ1) is 31.2. The largest absolute Gasteiger partial charge is 0.311 e. The Labute approximate surface area is 365 Å². The van der Waals surface area contributed by atoms with Crippen LogP contribution in [-0.4, -0.2) is 9.55 Å². The maximum Gasteiger partial charge on any atom is 0.0708 e. The van der Waals surface area contributed by atoms with Gasteiger partial charge >= 0.3 is 0 Å². The third kappa shape index (κ3) is 6.36. The smallest absolute Gasteiger partial charge is 0.0708 e. The number of nitrogens with zero attached hydrogens (tertiary/aromatic N) is 4. The van der Waals surface area contributed by atoms with Crippen LogP contribution >= 0.6 is 0 Å². The summed E-state index contributed by atoms with van der Waals surface area (Å²) < 4.78 is 2.41. The van der Waals surface area contributed by atoms with E-state index in [2.05, 4.69) is 250 Å². The van der Waals surface area contributed by atoms with E-state index in [1.54, 1.807) is 0 Å². The molecule has 0 aliphatic rings. The van der Waals surface area contributed by atoms with Crippen LogP contribution in [0.25, 0.3) is 71.1 Å². The molecule has 12 rings (SSSR count). The molecule has 0 bridgehead atoms. The molecule has 0 unspecified atom stereocenters. The SMILES string of the molecule is c1ccc(N(c2ccccc2)c2ccc(N(c3ccc4c(c3)c3c5ccccc5ccc3n4-c3ccccc3)c3cccc4ccc(-c5ccc6cccnc6c5)cc34)cc2)cc1. The second-order valence-electron chi connectivity index (χ2n) is 16.0. The Balaban J connectivity index is 1.09. The van der Waals surface area contributed by atoms with E-state index in [4.69, 9.17) is 0 Å². The van der Waals surface area contributed by atoms with E-state index in [0.717, 1.165) is 72.7 Å². The lowest BCUT2D eigenvalue weighted by Crippen LogP contribution is -2.12. The van der Waals surface area contributed by atoms with Crippen LogP contribution < -0.4 is 9.80 Å². The molecule has 2 aromatic heterocycles. The average Bonchev–Trinajstić information content (AvgIpc) is 3.69. The minimum Gasteiger partial charge on any atom is -0.311 e. The third-order valence-corrected chi connectivity index (χ3v) is 12.3. The molecule has 0 aliphatic carbocycles. The number of benzene rings is 10. The Bertz CT molecular complexity index is 3580. The van der Waals surface area contributed by atoms with E-state index in [1.165, 1.54) is 32.4 Å². The summed E-state index contributed by atoms with van der Waals surface area (Å²) in [5.74, 6) is 0. The van der Waals surface area contributed by atoms with Gasteiger partial charge in [-0.15, -0.1) is 0 Å². The number of anilines is 6. The van der Waals surface area contributed by atoms with Crippen LogP contribution in [0.15, 0.2) is 243 Å². The number of aromatic nitrogens is 2. The molecule has 12 aromatic rings. The highest BCUT2D eigenvalue weighted by Crippen LogP contribution is 2.45. The quantitative estimate of drug-likeness (QED) is 0.153. The van der Waals surface area contributed by atoms with Gasteiger partial charge in [0.25, 0.3) is 0 Å². The first-order valence-electron chi connectivity index (χ1n) is 21.4. The first kappa shape index (κ1) is 36.4. The minimum atomic E-state index is 0.987. The van der Waals surface area contributed by atoms with Crippen molar-refractivity contribution >= 4 is 88.4 Å². The van der Waals surface area contributed by atoms with Crippen LogP contribution in [0.2, 0.25) is 0 Å². The predicted octanol–water partition coefficient (Wildman–Crippen LogP) is 16.2. The minimum absolute atomic E-state index is 0.987. The summed E-state index contributed by atoms with van der Waals surface area (Å²) in [7, 11) is 0. The third-order valence-electron chi connectivity index (χ3n) is 12.3. The second-order valence-corrected chi connectivity index (χ2v) is 16.0. The van der Waals surface area contributed by atoms with Crippen molar-refractivity contribution in [1.82, 2.24) is 9.55 Å². The summed E-state index contributed by atoms with van der Waals surface area (Å²) in [6.45, 7) is 0. The van der Waals surface area contributed by atoms with E-state index in [9.17, 15) is 0 Å². The lowest BCUT2D eigenvalue weighted by molar-refractivity contribution is 1.18. The molecule has 0 radical (unpaired) electrons. The molecule has 0 saturated heterocycles. The van der Waals surface area contributed by atoms with Gasteiger partial charge in [0.1, 0.15) is 0 Å². The van der Waals surface area contributed by atoms with Crippen molar-refractivity contribution in [2.75, 3.05) is 9.80 Å². The molecule has 2 heterocycles. The fourth-order valence-electron chi connectivity index (χ4n) is 9.43. The zero-order valence-corrected chi connectivity index (χ0v) is 34.4. The summed E-state index contributed by atoms with van der Waals surface area (Å²) in [6, 6.07) is 85.3. The van der Waals surface area contributed by atoms with E-state index in [1.807, 2.05) is 12.3 Å². The van der Waals surface area contributed by atoms with Crippen LogP contribution in [0.3, 0.4) is 0 Å². The summed E-state index contributed by atoms with van der Waals surface area (Å²) >= 11 is 0. The first-order valence-corrected chi connectivity index (χ1v) is 21.4. The van der Waals surface area contributed by atoms with Gasteiger partial charge in [-0.1, -0.05) is 127 Å². The molecular weight excluding hydrogens is 765 g/mol. The van der Waals surface area contributed by atoms with Gasteiger partial charge in [-0.25, -0.2) is 0 Å². The lowest BCUT2D eigenvalue weighted by atomic mass is 9.98. The molecule has 0 atom stereocenters. The van der Waals surface area contributed by atoms with Crippen molar-refractivity contribution < 1.29 is 0 Å². The molecule has 4 heteroatoms. The maximum absolute atomic E-state index is 4.69. The molecule has 10 aromatic carbocycles. The number of para-hydroxylation sites is 3. The molecule has 0 saturated carbocycles. The van der Waals surface area contributed by atoms with Gasteiger partial charge in [0.2, 0.25) is 0 Å². The standard InChI is InChI=1S/C59H40N4/c1-4-17-46(18-5-1)61(47-19-6-2-7-20-47)49-30-32-50(33-31-49)62(56-24-12-15-42-25-27-44(38-53(42)56)45-28-26-43-16-13-37-60-55(43)39-45)51-34-36-57-54(40-51)59-52-23-11-10-14-41(52)29-35-58(59)63(57)48-21-8-3-9-22-48/h1-40H. The van der Waals surface area contributed by atoms with Crippen molar-refractivity contribution in [2.24, 2.45) is 0 Å². The van der Waals surface area contributed by atoms with Gasteiger partial charge in [-0.05, 0) is 136 Å². The molecule has 0 amide bonds. The Morgan fingerprint density at radius 1 is 0.333 bits per heavy atom. The fourth-order valence-corrected chi connectivity index (χ4v) is 9.43. The summed E-state index contributed by atoms with van der Waals surface area (Å²) in [4.78, 5) is 9.43. The fraction of sp³-hybridized carbons (Fsp3) is 0. The van der Waals surface area contributed by atoms with E-state index < -0.39 is 0 Å². The van der Waals surface area contributed by atoms with Gasteiger partial charge in [0.05, 0.1) is 22.2 Å². The summed E-state index contributed by atoms with van der Waals surface area (Å²) in [5.41, 5.74) is 13.3. The van der Waals surface area contributed by atoms with Crippen LogP contribution in [0, 0.1) is 0 Å². The molecule has 4 nitrogen and oxygen atoms in total. The molecule has 296 valence electrons. The van der Waals surface area contributed by atoms with E-state index >= 15 is 0 Å². The Morgan fingerprint density at radius 2 is 0.889 bits per heavy atom. The maximum atomic E-state index is 4.69. The Hall–Kier alpha value is -8.47. The van der Waals surface area contributed by atoms with Gasteiger partial charge in [0.15, 0.2) is 0 Å². The highest BCUT2D eigenvalue weighted by molar-refractivity contribution is 6.22. The van der Waals surface area contributed by atoms with Crippen LogP contribution in [0.1, 0.15) is 0 Å². The molecule has 0 spiro atoms. The zero-order valence-electron chi connectivity index (χ0n) is 34.4. The number of pyridine rings is 1. The van der Waals surface area contributed by atoms with Crippen LogP contribution in [0.5, 0.6) is 0 Å². The molecule has 0 fully saturated rings. The van der Waals surface area contributed by atoms with E-state index in [0.29, 0.717) is 0 Å². The topological polar surface area (TPSA) is 24.3 Å². The summed E-state index contributed by atoms with van der Waals surface area (Å²) in [5, 5.41) is 8.37. The van der Waals surface area contributed by atoms with Crippen molar-refractivity contribution in [3.63, 3.8) is 0 Å². The number of fused-ring (bicyclic) bond motifs is 7. The monoisotopic (exact) mass is 804 g/mol. The predicted molar refractivity (Wildman–Crippen MR) is 266 cm³/mol. The normalized spacial score (nSPS) is 11.5. The average molecular weight is 805 g/mol. The highest BCUT2D eigenvalue weighted by atomic mass is 15.2. The van der Waals surface area contributed by atoms with Gasteiger partial charge in [0, 0.05) is 61.9 Å². The van der Waals surface area contributed by atoms with Crippen molar-refractivity contribution in [3.8, 4) is 16.8 Å². The van der Waals surface area contributed by atoms with Crippen molar-refractivity contribution in [1.29, 1.82) is 0 Å². The number of hydrogen-bond acceptors (Lipinski definition) is 3. The van der Waals surface area contributed by atoms with E-state index in [-0.39, 0.29) is 0 Å². The number of hydrogen-bond donors (Lipinski definition) is 0. The lowest BCUT2D eigenvalue weighted by Gasteiger charge is -2.29. The Kier molecular flexibility index (Phi) is 8.79. The van der Waals surface area contributed by atoms with Gasteiger partial charge in [-0.2, -0.15) is 0 Å². The summed E-state index contributed by atoms with van der Waals surface area (Å²) in [6.07, 6.45) is 1.86. The van der Waals surface area contributed by atoms with Crippen molar-refractivity contribution in [2.45, 2.75) is 0 Å².